The van der Waals surface area contributed by atoms with Crippen LogP contribution in [0.5, 0.6) is 11.5 Å². The predicted molar refractivity (Wildman–Crippen MR) is 107 cm³/mol. The fourth-order valence-electron chi connectivity index (χ4n) is 2.76. The Morgan fingerprint density at radius 2 is 1.97 bits per heavy atom. The lowest BCUT2D eigenvalue weighted by atomic mass is 10.1. The number of phenols is 1. The Balaban J connectivity index is 1.90. The minimum Gasteiger partial charge on any atom is -0.500 e. The van der Waals surface area contributed by atoms with Crippen molar-refractivity contribution in [3.05, 3.63) is 67.8 Å². The smallest absolute Gasteiger partial charge is 0.329 e. The average Bonchev–Trinajstić information content (AvgIpc) is 2.93. The fraction of sp³-hybridized carbons (Fsp3) is 0.158. The van der Waals surface area contributed by atoms with Crippen molar-refractivity contribution in [2.75, 3.05) is 6.61 Å². The first-order valence-corrected chi connectivity index (χ1v) is 9.32. The van der Waals surface area contributed by atoms with Gasteiger partial charge in [0.2, 0.25) is 5.75 Å². The number of aromatic hydroxyl groups is 1. The molecule has 2 N–H and O–H groups in total. The van der Waals surface area contributed by atoms with Crippen molar-refractivity contribution in [3.63, 3.8) is 0 Å². The van der Waals surface area contributed by atoms with E-state index in [0.29, 0.717) is 0 Å². The number of hydrogen-bond donors (Lipinski definition) is 2. The van der Waals surface area contributed by atoms with Crippen LogP contribution in [0, 0.1) is 10.1 Å². The van der Waals surface area contributed by atoms with Gasteiger partial charge in [-0.2, -0.15) is 0 Å². The number of amides is 3. The van der Waals surface area contributed by atoms with Crippen molar-refractivity contribution >= 4 is 39.6 Å². The van der Waals surface area contributed by atoms with Gasteiger partial charge in [0.25, 0.3) is 5.91 Å². The molecule has 29 heavy (non-hydrogen) atoms. The molecule has 10 heteroatoms. The third-order valence-electron chi connectivity index (χ3n) is 4.10. The molecule has 3 rings (SSSR count). The van der Waals surface area contributed by atoms with E-state index in [1.54, 1.807) is 31.2 Å². The number of rotatable bonds is 6. The first-order valence-electron chi connectivity index (χ1n) is 8.53. The molecule has 3 amide bonds. The van der Waals surface area contributed by atoms with Crippen molar-refractivity contribution < 1.29 is 24.4 Å². The molecule has 150 valence electrons. The molecule has 0 atom stereocenters. The molecule has 9 nitrogen and oxygen atoms in total. The summed E-state index contributed by atoms with van der Waals surface area (Å²) < 4.78 is 6.09. The molecule has 0 saturated carbocycles. The predicted octanol–water partition coefficient (Wildman–Crippen LogP) is 3.55. The van der Waals surface area contributed by atoms with Crippen LogP contribution in [0.1, 0.15) is 18.1 Å². The third-order valence-corrected chi connectivity index (χ3v) is 4.63. The maximum absolute atomic E-state index is 12.6. The van der Waals surface area contributed by atoms with Gasteiger partial charge in [0.05, 0.1) is 18.1 Å². The molecular weight excluding hydrogens is 446 g/mol. The van der Waals surface area contributed by atoms with Crippen LogP contribution in [0.4, 0.5) is 10.5 Å². The molecule has 0 aliphatic carbocycles. The van der Waals surface area contributed by atoms with Crippen LogP contribution < -0.4 is 10.1 Å². The molecule has 0 aromatic heterocycles. The van der Waals surface area contributed by atoms with E-state index < -0.39 is 28.3 Å². The highest BCUT2D eigenvalue weighted by atomic mass is 79.9. The first-order chi connectivity index (χ1) is 13.8. The number of nitrogens with one attached hydrogen (secondary N) is 1. The average molecular weight is 462 g/mol. The number of halogens is 1. The lowest BCUT2D eigenvalue weighted by Crippen LogP contribution is -2.30. The van der Waals surface area contributed by atoms with E-state index in [1.165, 1.54) is 12.1 Å². The van der Waals surface area contributed by atoms with Crippen molar-refractivity contribution in [2.24, 2.45) is 0 Å². The summed E-state index contributed by atoms with van der Waals surface area (Å²) in [6.07, 6.45) is 1.30. The molecule has 1 aliphatic heterocycles. The summed E-state index contributed by atoms with van der Waals surface area (Å²) in [5, 5.41) is 23.6. The Kier molecular flexibility index (Phi) is 5.83. The van der Waals surface area contributed by atoms with Crippen molar-refractivity contribution in [1.82, 2.24) is 10.2 Å². The maximum Gasteiger partial charge on any atom is 0.329 e. The van der Waals surface area contributed by atoms with Gasteiger partial charge in [-0.25, -0.2) is 4.79 Å². The largest absolute Gasteiger partial charge is 0.500 e. The summed E-state index contributed by atoms with van der Waals surface area (Å²) >= 11 is 3.32. The van der Waals surface area contributed by atoms with Gasteiger partial charge in [-0.3, -0.25) is 19.8 Å². The molecule has 1 fully saturated rings. The van der Waals surface area contributed by atoms with Gasteiger partial charge >= 0.3 is 11.7 Å². The Hall–Kier alpha value is -3.40. The summed E-state index contributed by atoms with van der Waals surface area (Å²) in [7, 11) is 0. The molecule has 2 aromatic carbocycles. The van der Waals surface area contributed by atoms with E-state index in [-0.39, 0.29) is 30.2 Å². The monoisotopic (exact) mass is 461 g/mol. The Bertz CT molecular complexity index is 1020. The van der Waals surface area contributed by atoms with Crippen LogP contribution in [0.15, 0.2) is 46.6 Å². The van der Waals surface area contributed by atoms with E-state index in [4.69, 9.17) is 4.74 Å². The number of carbonyl (C=O) groups is 2. The summed E-state index contributed by atoms with van der Waals surface area (Å²) in [6.45, 7) is 1.92. The third kappa shape index (κ3) is 4.37. The lowest BCUT2D eigenvalue weighted by molar-refractivity contribution is -0.386. The zero-order chi connectivity index (χ0) is 21.1. The van der Waals surface area contributed by atoms with Crippen LogP contribution >= 0.6 is 15.9 Å². The number of nitrogens with zero attached hydrogens (tertiary/aromatic N) is 2. The Morgan fingerprint density at radius 3 is 2.59 bits per heavy atom. The van der Waals surface area contributed by atoms with Crippen LogP contribution in [-0.2, 0) is 11.3 Å². The number of nitro benzene ring substituents is 1. The van der Waals surface area contributed by atoms with Gasteiger partial charge in [-0.1, -0.05) is 28.1 Å². The Labute approximate surface area is 173 Å². The molecule has 1 heterocycles. The highest BCUT2D eigenvalue weighted by molar-refractivity contribution is 9.10. The molecule has 1 saturated heterocycles. The number of benzene rings is 2. The first kappa shape index (κ1) is 20.3. The van der Waals surface area contributed by atoms with Gasteiger partial charge in [0.1, 0.15) is 5.70 Å². The lowest BCUT2D eigenvalue weighted by Gasteiger charge is -2.11. The molecule has 0 unspecified atom stereocenters. The second-order valence-electron chi connectivity index (χ2n) is 6.08. The minimum atomic E-state index is -0.755. The zero-order valence-electron chi connectivity index (χ0n) is 15.2. The summed E-state index contributed by atoms with van der Waals surface area (Å²) in [5.74, 6) is -1.25. The van der Waals surface area contributed by atoms with E-state index in [0.717, 1.165) is 21.0 Å². The molecule has 2 aromatic rings. The Morgan fingerprint density at radius 1 is 1.28 bits per heavy atom. The number of urea groups is 1. The molecule has 0 bridgehead atoms. The molecule has 1 aliphatic rings. The number of phenolic OH excluding ortho intramolecular Hbond substituents is 1. The number of carbonyl (C=O) groups excluding carboxylic acids is 2. The maximum atomic E-state index is 12.6. The molecular formula is C19H16BrN3O6. The minimum absolute atomic E-state index is 0.0328. The van der Waals surface area contributed by atoms with Crippen LogP contribution in [0.2, 0.25) is 0 Å². The van der Waals surface area contributed by atoms with Gasteiger partial charge in [-0.15, -0.1) is 0 Å². The number of ether oxygens (including phenoxy) is 1. The number of hydrogen-bond acceptors (Lipinski definition) is 6. The highest BCUT2D eigenvalue weighted by Gasteiger charge is 2.33. The van der Waals surface area contributed by atoms with Crippen LogP contribution in [0.25, 0.3) is 6.08 Å². The van der Waals surface area contributed by atoms with E-state index in [2.05, 4.69) is 21.2 Å². The highest BCUT2D eigenvalue weighted by Crippen LogP contribution is 2.37. The van der Waals surface area contributed by atoms with E-state index >= 15 is 0 Å². The second-order valence-corrected chi connectivity index (χ2v) is 7.00. The zero-order valence-corrected chi connectivity index (χ0v) is 16.8. The fourth-order valence-corrected chi connectivity index (χ4v) is 3.02. The number of nitro groups is 1. The second kappa shape index (κ2) is 8.31. The van der Waals surface area contributed by atoms with Crippen molar-refractivity contribution in [3.8, 4) is 11.5 Å². The number of imide groups is 1. The van der Waals surface area contributed by atoms with Gasteiger partial charge in [0, 0.05) is 10.5 Å². The standard InChI is InChI=1S/C19H16BrN3O6/c1-2-29-16-9-12(8-15(17(16)24)23(27)28)7-14-18(25)22(19(26)21-14)10-11-3-5-13(20)6-4-11/h3-9,24H,2,10H2,1H3,(H,21,26)/b14-7+. The van der Waals surface area contributed by atoms with Crippen molar-refractivity contribution in [2.45, 2.75) is 13.5 Å². The van der Waals surface area contributed by atoms with E-state index in [1.807, 2.05) is 0 Å². The van der Waals surface area contributed by atoms with Crippen LogP contribution in [-0.4, -0.2) is 33.5 Å². The SMILES string of the molecule is CCOc1cc(/C=C2/NC(=O)N(Cc3ccc(Br)cc3)C2=O)cc([N+](=O)[O-])c1O. The molecule has 0 spiro atoms. The van der Waals surface area contributed by atoms with E-state index in [9.17, 15) is 24.8 Å². The van der Waals surface area contributed by atoms with Gasteiger partial charge < -0.3 is 15.2 Å². The van der Waals surface area contributed by atoms with Crippen molar-refractivity contribution in [1.29, 1.82) is 0 Å². The normalized spacial score (nSPS) is 15.0. The summed E-state index contributed by atoms with van der Waals surface area (Å²) in [6, 6.07) is 9.03. The summed E-state index contributed by atoms with van der Waals surface area (Å²) in [5.41, 5.74) is 0.393. The summed E-state index contributed by atoms with van der Waals surface area (Å²) in [4.78, 5) is 36.3. The quantitative estimate of drug-likeness (QED) is 0.293. The molecule has 0 radical (unpaired) electrons. The van der Waals surface area contributed by atoms with Gasteiger partial charge in [-0.05, 0) is 42.3 Å². The topological polar surface area (TPSA) is 122 Å². The van der Waals surface area contributed by atoms with Gasteiger partial charge in [0.15, 0.2) is 5.75 Å². The van der Waals surface area contributed by atoms with Crippen LogP contribution in [0.3, 0.4) is 0 Å².